The standard InChI is InChI=1S/C12H15N5S.H2O4S/c13-12(14)17-7-5-16(6-8-17)11-9-3-1-2-4-10(9)18-15-11;1-5(2,3)4/h1-4H,5-8H2,(H3,13,14);(H2,1,2,3,4). The van der Waals surface area contributed by atoms with Crippen molar-refractivity contribution in [3.63, 3.8) is 0 Å². The number of anilines is 1. The predicted octanol–water partition coefficient (Wildman–Crippen LogP) is 0.659. The second-order valence-electron chi connectivity index (χ2n) is 4.81. The molecule has 11 heteroatoms. The fraction of sp³-hybridized carbons (Fsp3) is 0.333. The first-order valence-electron chi connectivity index (χ1n) is 6.64. The van der Waals surface area contributed by atoms with E-state index in [2.05, 4.69) is 21.4 Å². The van der Waals surface area contributed by atoms with Crippen LogP contribution in [0.1, 0.15) is 0 Å². The molecule has 0 saturated carbocycles. The van der Waals surface area contributed by atoms with Gasteiger partial charge in [-0.15, -0.1) is 0 Å². The van der Waals surface area contributed by atoms with Crippen molar-refractivity contribution in [1.29, 1.82) is 5.41 Å². The lowest BCUT2D eigenvalue weighted by Gasteiger charge is -2.35. The molecule has 2 aromatic rings. The SMILES string of the molecule is N=C(N)N1CCN(c2nsc3ccccc23)CC1.O=S(=O)(O)O. The molecule has 126 valence electrons. The van der Waals surface area contributed by atoms with Crippen LogP contribution in [0.4, 0.5) is 5.82 Å². The number of hydrogen-bond donors (Lipinski definition) is 4. The third kappa shape index (κ3) is 5.03. The topological polar surface area (TPSA) is 144 Å². The summed E-state index contributed by atoms with van der Waals surface area (Å²) in [5, 5.41) is 8.65. The van der Waals surface area contributed by atoms with Crippen LogP contribution in [0.3, 0.4) is 0 Å². The molecule has 1 aliphatic heterocycles. The van der Waals surface area contributed by atoms with Gasteiger partial charge in [0.1, 0.15) is 5.82 Å². The fourth-order valence-electron chi connectivity index (χ4n) is 2.26. The minimum Gasteiger partial charge on any atom is -0.370 e. The van der Waals surface area contributed by atoms with Gasteiger partial charge in [-0.3, -0.25) is 14.5 Å². The van der Waals surface area contributed by atoms with Crippen LogP contribution < -0.4 is 10.6 Å². The summed E-state index contributed by atoms with van der Waals surface area (Å²) < 4.78 is 37.4. The molecular weight excluding hydrogens is 342 g/mol. The molecule has 1 saturated heterocycles. The molecule has 0 aliphatic carbocycles. The Morgan fingerprint density at radius 3 is 2.35 bits per heavy atom. The Hall–Kier alpha value is -1.95. The first kappa shape index (κ1) is 17.4. The molecule has 1 aromatic carbocycles. The molecule has 9 nitrogen and oxygen atoms in total. The number of nitrogens with one attached hydrogen (secondary N) is 1. The summed E-state index contributed by atoms with van der Waals surface area (Å²) in [6.45, 7) is 3.32. The van der Waals surface area contributed by atoms with Crippen LogP contribution in [-0.2, 0) is 10.4 Å². The number of nitrogens with zero attached hydrogens (tertiary/aromatic N) is 3. The lowest BCUT2D eigenvalue weighted by atomic mass is 10.2. The molecule has 0 spiro atoms. The third-order valence-corrected chi connectivity index (χ3v) is 4.10. The van der Waals surface area contributed by atoms with E-state index < -0.39 is 10.4 Å². The molecule has 1 fully saturated rings. The molecule has 23 heavy (non-hydrogen) atoms. The summed E-state index contributed by atoms with van der Waals surface area (Å²) >= 11 is 1.54. The van der Waals surface area contributed by atoms with E-state index in [0.717, 1.165) is 32.0 Å². The van der Waals surface area contributed by atoms with Crippen LogP contribution in [0.5, 0.6) is 0 Å². The van der Waals surface area contributed by atoms with E-state index >= 15 is 0 Å². The highest BCUT2D eigenvalue weighted by Crippen LogP contribution is 2.29. The van der Waals surface area contributed by atoms with Gasteiger partial charge < -0.3 is 15.5 Å². The summed E-state index contributed by atoms with van der Waals surface area (Å²) in [6, 6.07) is 8.30. The van der Waals surface area contributed by atoms with Crippen molar-refractivity contribution in [2.45, 2.75) is 0 Å². The molecule has 0 bridgehead atoms. The second-order valence-corrected chi connectivity index (χ2v) is 6.51. The zero-order chi connectivity index (χ0) is 17.0. The Morgan fingerprint density at radius 1 is 1.22 bits per heavy atom. The van der Waals surface area contributed by atoms with Crippen molar-refractivity contribution >= 4 is 43.8 Å². The number of benzene rings is 1. The Labute approximate surface area is 137 Å². The van der Waals surface area contributed by atoms with E-state index in [4.69, 9.17) is 28.7 Å². The van der Waals surface area contributed by atoms with Gasteiger partial charge in [0.15, 0.2) is 5.96 Å². The van der Waals surface area contributed by atoms with Crippen molar-refractivity contribution in [3.05, 3.63) is 24.3 Å². The maximum Gasteiger partial charge on any atom is 0.394 e. The fourth-order valence-corrected chi connectivity index (χ4v) is 3.06. The van der Waals surface area contributed by atoms with Crippen LogP contribution in [0.25, 0.3) is 10.1 Å². The maximum atomic E-state index is 8.74. The second kappa shape index (κ2) is 7.08. The smallest absolute Gasteiger partial charge is 0.370 e. The molecule has 1 aromatic heterocycles. The molecule has 3 rings (SSSR count). The zero-order valence-corrected chi connectivity index (χ0v) is 13.7. The predicted molar refractivity (Wildman–Crippen MR) is 89.5 cm³/mol. The summed E-state index contributed by atoms with van der Waals surface area (Å²) in [5.74, 6) is 1.23. The minimum atomic E-state index is -4.67. The van der Waals surface area contributed by atoms with Crippen molar-refractivity contribution in [3.8, 4) is 0 Å². The van der Waals surface area contributed by atoms with Gasteiger partial charge in [-0.1, -0.05) is 12.1 Å². The van der Waals surface area contributed by atoms with Crippen molar-refractivity contribution in [1.82, 2.24) is 9.27 Å². The zero-order valence-electron chi connectivity index (χ0n) is 12.1. The maximum absolute atomic E-state index is 8.74. The van der Waals surface area contributed by atoms with Gasteiger partial charge >= 0.3 is 10.4 Å². The van der Waals surface area contributed by atoms with Crippen LogP contribution in [0, 0.1) is 5.41 Å². The van der Waals surface area contributed by atoms with E-state index in [9.17, 15) is 0 Å². The lowest BCUT2D eigenvalue weighted by Crippen LogP contribution is -2.50. The Morgan fingerprint density at radius 2 is 1.78 bits per heavy atom. The average Bonchev–Trinajstić information content (AvgIpc) is 2.89. The molecule has 0 atom stereocenters. The highest BCUT2D eigenvalue weighted by atomic mass is 32.3. The lowest BCUT2D eigenvalue weighted by molar-refractivity contribution is 0.379. The molecular formula is C12H17N5O4S2. The Kier molecular flexibility index (Phi) is 5.36. The van der Waals surface area contributed by atoms with E-state index in [1.165, 1.54) is 10.1 Å². The third-order valence-electron chi connectivity index (χ3n) is 3.28. The van der Waals surface area contributed by atoms with E-state index in [1.807, 2.05) is 17.0 Å². The van der Waals surface area contributed by atoms with Gasteiger partial charge in [-0.25, -0.2) is 0 Å². The summed E-state index contributed by atoms with van der Waals surface area (Å²) in [7, 11) is -4.67. The highest BCUT2D eigenvalue weighted by molar-refractivity contribution is 7.79. The van der Waals surface area contributed by atoms with E-state index in [0.29, 0.717) is 0 Å². The minimum absolute atomic E-state index is 0.165. The number of piperazine rings is 1. The number of hydrogen-bond acceptors (Lipinski definition) is 6. The van der Waals surface area contributed by atoms with E-state index in [1.54, 1.807) is 11.5 Å². The first-order valence-corrected chi connectivity index (χ1v) is 8.81. The van der Waals surface area contributed by atoms with Crippen LogP contribution >= 0.6 is 11.5 Å². The van der Waals surface area contributed by atoms with Gasteiger partial charge in [-0.05, 0) is 23.7 Å². The quantitative estimate of drug-likeness (QED) is 0.330. The molecule has 2 heterocycles. The Bertz CT molecular complexity index is 776. The number of nitrogens with two attached hydrogens (primary N) is 1. The number of fused-ring (bicyclic) bond motifs is 1. The van der Waals surface area contributed by atoms with Gasteiger partial charge in [0, 0.05) is 31.6 Å². The summed E-state index contributed by atoms with van der Waals surface area (Å²) in [4.78, 5) is 4.17. The molecule has 0 radical (unpaired) electrons. The first-order chi connectivity index (χ1) is 10.8. The Balaban J connectivity index is 0.000000338. The van der Waals surface area contributed by atoms with Crippen molar-refractivity contribution in [2.75, 3.05) is 31.1 Å². The van der Waals surface area contributed by atoms with Crippen molar-refractivity contribution < 1.29 is 17.5 Å². The van der Waals surface area contributed by atoms with E-state index in [-0.39, 0.29) is 5.96 Å². The molecule has 5 N–H and O–H groups in total. The number of aromatic nitrogens is 1. The molecule has 0 unspecified atom stereocenters. The monoisotopic (exact) mass is 359 g/mol. The van der Waals surface area contributed by atoms with Gasteiger partial charge in [0.25, 0.3) is 0 Å². The normalized spacial score (nSPS) is 15.2. The molecule has 1 aliphatic rings. The van der Waals surface area contributed by atoms with Crippen LogP contribution in [0.15, 0.2) is 24.3 Å². The van der Waals surface area contributed by atoms with Gasteiger partial charge in [0.05, 0.1) is 4.70 Å². The molecule has 0 amide bonds. The highest BCUT2D eigenvalue weighted by Gasteiger charge is 2.20. The average molecular weight is 359 g/mol. The number of rotatable bonds is 1. The summed E-state index contributed by atoms with van der Waals surface area (Å²) in [5.41, 5.74) is 5.50. The van der Waals surface area contributed by atoms with Gasteiger partial charge in [-0.2, -0.15) is 12.8 Å². The largest absolute Gasteiger partial charge is 0.394 e. The van der Waals surface area contributed by atoms with Crippen molar-refractivity contribution in [2.24, 2.45) is 5.73 Å². The van der Waals surface area contributed by atoms with Gasteiger partial charge in [0.2, 0.25) is 0 Å². The number of guanidine groups is 1. The summed E-state index contributed by atoms with van der Waals surface area (Å²) in [6.07, 6.45) is 0. The van der Waals surface area contributed by atoms with Crippen LogP contribution in [0.2, 0.25) is 0 Å². The van der Waals surface area contributed by atoms with Crippen LogP contribution in [-0.4, -0.2) is 58.9 Å².